The highest BCUT2D eigenvalue weighted by atomic mass is 32.2. The summed E-state index contributed by atoms with van der Waals surface area (Å²) in [6, 6.07) is 0. The largest absolute Gasteiger partial charge is 0.451 e. The molecule has 1 unspecified atom stereocenters. The predicted molar refractivity (Wildman–Crippen MR) is 89.8 cm³/mol. The van der Waals surface area contributed by atoms with Gasteiger partial charge in [0.25, 0.3) is 11.0 Å². The zero-order chi connectivity index (χ0) is 16.7. The smallest absolute Gasteiger partial charge is 0.314 e. The van der Waals surface area contributed by atoms with E-state index in [1.54, 1.807) is 0 Å². The van der Waals surface area contributed by atoms with Gasteiger partial charge in [-0.1, -0.05) is 59.3 Å². The van der Waals surface area contributed by atoms with Gasteiger partial charge in [-0.15, -0.1) is 0 Å². The predicted octanol–water partition coefficient (Wildman–Crippen LogP) is 3.95. The third kappa shape index (κ3) is 12.1. The van der Waals surface area contributed by atoms with Crippen molar-refractivity contribution in [2.75, 3.05) is 0 Å². The van der Waals surface area contributed by atoms with Crippen molar-refractivity contribution in [1.82, 2.24) is 0 Å². The Labute approximate surface area is 133 Å². The van der Waals surface area contributed by atoms with Gasteiger partial charge in [0.05, 0.1) is 14.9 Å². The molecule has 0 aromatic heterocycles. The highest BCUT2D eigenvalue weighted by Gasteiger charge is 2.37. The fourth-order valence-corrected chi connectivity index (χ4v) is 2.60. The first-order valence-corrected chi connectivity index (χ1v) is 9.24. The number of carbonyl (C=O) groups excluding carboxylic acids is 1. The molecule has 0 aliphatic carbocycles. The molecule has 0 saturated carbocycles. The molecule has 5 nitrogen and oxygen atoms in total. The molecule has 0 fully saturated rings. The van der Waals surface area contributed by atoms with E-state index in [9.17, 15) is 4.79 Å². The molecule has 0 aromatic carbocycles. The molecular weight excluding hydrogens is 311 g/mol. The summed E-state index contributed by atoms with van der Waals surface area (Å²) < 4.78 is 29.2. The summed E-state index contributed by atoms with van der Waals surface area (Å²) in [4.78, 5) is 12.1. The van der Waals surface area contributed by atoms with E-state index in [1.165, 1.54) is 0 Å². The second-order valence-electron chi connectivity index (χ2n) is 5.23. The van der Waals surface area contributed by atoms with Crippen LogP contribution in [0.25, 0.3) is 0 Å². The van der Waals surface area contributed by atoms with Gasteiger partial charge < -0.3 is 4.52 Å². The molecule has 1 N–H and O–H groups in total. The van der Waals surface area contributed by atoms with Crippen LogP contribution in [0.4, 0.5) is 0 Å². The number of hydrogen-bond acceptors (Lipinski definition) is 4. The summed E-state index contributed by atoms with van der Waals surface area (Å²) >= 11 is 0. The number of unbranched alkanes of at least 4 members (excludes halogenated alkanes) is 3. The van der Waals surface area contributed by atoms with E-state index in [2.05, 4.69) is 30.2 Å². The van der Waals surface area contributed by atoms with E-state index < -0.39 is 11.0 Å². The number of carbonyl (C=O) groups is 1. The molecule has 21 heavy (non-hydrogen) atoms. The van der Waals surface area contributed by atoms with Gasteiger partial charge >= 0.3 is 5.97 Å². The summed E-state index contributed by atoms with van der Waals surface area (Å²) in [7, 11) is -0.992. The molecule has 128 valence electrons. The van der Waals surface area contributed by atoms with Crippen molar-refractivity contribution >= 4 is 26.4 Å². The summed E-state index contributed by atoms with van der Waals surface area (Å²) in [5.41, 5.74) is -0.218. The Morgan fingerprint density at radius 3 is 1.48 bits per heavy atom. The molecule has 0 aliphatic rings. The first-order chi connectivity index (χ1) is 9.90. The Balaban J connectivity index is 0. The van der Waals surface area contributed by atoms with Crippen LogP contribution in [0.15, 0.2) is 0 Å². The number of rotatable bonds is 10. The maximum Gasteiger partial charge on any atom is 0.314 e. The third-order valence-corrected chi connectivity index (χ3v) is 3.78. The maximum atomic E-state index is 12.1. The second kappa shape index (κ2) is 14.7. The van der Waals surface area contributed by atoms with Crippen LogP contribution in [0.3, 0.4) is 0 Å². The minimum absolute atomic E-state index is 0.0159. The van der Waals surface area contributed by atoms with E-state index in [0.29, 0.717) is 0 Å². The maximum absolute atomic E-state index is 12.1. The minimum Gasteiger partial charge on any atom is -0.451 e. The van der Waals surface area contributed by atoms with Gasteiger partial charge in [0.1, 0.15) is 0 Å². The highest BCUT2D eigenvalue weighted by molar-refractivity contribution is 7.66. The van der Waals surface area contributed by atoms with Gasteiger partial charge in [-0.25, -0.2) is 8.42 Å². The summed E-state index contributed by atoms with van der Waals surface area (Å²) in [6.45, 7) is 6.53. The molecule has 0 radical (unpaired) electrons. The van der Waals surface area contributed by atoms with Crippen LogP contribution in [0.2, 0.25) is 0 Å². The molecule has 0 aromatic rings. The van der Waals surface area contributed by atoms with Crippen LogP contribution >= 0.6 is 9.47 Å². The van der Waals surface area contributed by atoms with Crippen molar-refractivity contribution in [2.24, 2.45) is 5.41 Å². The highest BCUT2D eigenvalue weighted by Crippen LogP contribution is 2.38. The van der Waals surface area contributed by atoms with Crippen molar-refractivity contribution in [2.45, 2.75) is 78.6 Å². The summed E-state index contributed by atoms with van der Waals surface area (Å²) in [6.07, 6.45) is 9.73. The Kier molecular flexibility index (Phi) is 16.2. The average molecular weight is 342 g/mol. The van der Waals surface area contributed by atoms with Crippen molar-refractivity contribution in [3.8, 4) is 0 Å². The molecule has 0 rings (SSSR count). The first kappa shape index (κ1) is 23.1. The van der Waals surface area contributed by atoms with Gasteiger partial charge in [-0.05, 0) is 19.3 Å². The van der Waals surface area contributed by atoms with Crippen LogP contribution in [0.5, 0.6) is 0 Å². The molecule has 7 heteroatoms. The Hall–Kier alpha value is -0.190. The van der Waals surface area contributed by atoms with Crippen molar-refractivity contribution in [1.29, 1.82) is 0 Å². The average Bonchev–Trinajstić information content (AvgIpc) is 2.45. The number of thiol groups is 1. The van der Waals surface area contributed by atoms with Crippen LogP contribution in [0, 0.1) is 5.41 Å². The van der Waals surface area contributed by atoms with Crippen molar-refractivity contribution in [3.63, 3.8) is 0 Å². The lowest BCUT2D eigenvalue weighted by molar-refractivity contribution is -0.146. The number of hydrogen-bond donors (Lipinski definition) is 2. The lowest BCUT2D eigenvalue weighted by Crippen LogP contribution is -2.31. The van der Waals surface area contributed by atoms with Gasteiger partial charge in [0, 0.05) is 0 Å². The standard InChI is InChI=1S/C14H29O2P.H2O3S/c1-4-7-10-14(11-8-5-2,12-9-6-3)13(15)16-17;1-4(2)3/h4-12,17H2,1-3H3;4H,(H,1,2,3). The molecule has 0 bridgehead atoms. The van der Waals surface area contributed by atoms with Crippen LogP contribution in [-0.2, 0) is 20.3 Å². The van der Waals surface area contributed by atoms with Crippen LogP contribution < -0.4 is 0 Å². The summed E-state index contributed by atoms with van der Waals surface area (Å²) in [5, 5.41) is 0. The molecule has 0 aliphatic heterocycles. The fraction of sp³-hybridized carbons (Fsp3) is 0.929. The van der Waals surface area contributed by atoms with E-state index in [-0.39, 0.29) is 11.4 Å². The molecule has 0 saturated heterocycles. The van der Waals surface area contributed by atoms with Crippen LogP contribution in [0.1, 0.15) is 78.6 Å². The van der Waals surface area contributed by atoms with E-state index in [1.807, 2.05) is 0 Å². The van der Waals surface area contributed by atoms with Gasteiger partial charge in [0.2, 0.25) is 0 Å². The topological polar surface area (TPSA) is 80.7 Å². The lowest BCUT2D eigenvalue weighted by atomic mass is 9.74. The Morgan fingerprint density at radius 1 is 1.00 bits per heavy atom. The van der Waals surface area contributed by atoms with E-state index >= 15 is 0 Å². The second-order valence-corrected chi connectivity index (χ2v) is 5.95. The molecule has 0 spiro atoms. The van der Waals surface area contributed by atoms with E-state index in [0.717, 1.165) is 57.8 Å². The molecule has 0 heterocycles. The Bertz CT molecular complexity index is 302. The molecule has 0 amide bonds. The third-order valence-electron chi connectivity index (χ3n) is 3.57. The lowest BCUT2D eigenvalue weighted by Gasteiger charge is -2.31. The van der Waals surface area contributed by atoms with Crippen LogP contribution in [-0.4, -0.2) is 18.9 Å². The van der Waals surface area contributed by atoms with Crippen molar-refractivity contribution < 1.29 is 22.3 Å². The van der Waals surface area contributed by atoms with Crippen molar-refractivity contribution in [3.05, 3.63) is 0 Å². The fourth-order valence-electron chi connectivity index (χ4n) is 2.35. The first-order valence-electron chi connectivity index (χ1n) is 7.64. The SMILES string of the molecule is CCCCC(CCCC)(CCCC)C(=O)OP.O=[SH](=O)O. The quantitative estimate of drug-likeness (QED) is 0.357. The Morgan fingerprint density at radius 2 is 1.29 bits per heavy atom. The molecule has 1 atom stereocenters. The summed E-state index contributed by atoms with van der Waals surface area (Å²) in [5.74, 6) is -0.0159. The molecular formula is C14H31O5PS. The van der Waals surface area contributed by atoms with Gasteiger partial charge in [0.15, 0.2) is 0 Å². The van der Waals surface area contributed by atoms with Gasteiger partial charge in [-0.3, -0.25) is 9.35 Å². The zero-order valence-electron chi connectivity index (χ0n) is 13.5. The van der Waals surface area contributed by atoms with Gasteiger partial charge in [-0.2, -0.15) is 0 Å². The van der Waals surface area contributed by atoms with E-state index in [4.69, 9.17) is 17.5 Å². The normalized spacial score (nSPS) is 11.0. The monoisotopic (exact) mass is 342 g/mol. The zero-order valence-corrected chi connectivity index (χ0v) is 15.5. The minimum atomic E-state index is -3.12.